The Kier molecular flexibility index (Phi) is 4.05. The first-order chi connectivity index (χ1) is 8.47. The topological polar surface area (TPSA) is 38.9 Å². The zero-order chi connectivity index (χ0) is 13.3. The number of hydrogen-bond acceptors (Lipinski definition) is 3. The Labute approximate surface area is 117 Å². The maximum absolute atomic E-state index is 6.26. The third-order valence-electron chi connectivity index (χ3n) is 2.92. The van der Waals surface area contributed by atoms with Gasteiger partial charge in [-0.15, -0.1) is 11.3 Å². The van der Waals surface area contributed by atoms with Crippen molar-refractivity contribution in [1.29, 1.82) is 0 Å². The Morgan fingerprint density at radius 1 is 1.33 bits per heavy atom. The Balaban J connectivity index is 2.21. The number of nitrogens with two attached hydrogens (primary N) is 1. The normalized spacial score (nSPS) is 12.7. The van der Waals surface area contributed by atoms with Crippen LogP contribution in [0.1, 0.15) is 32.7 Å². The Hall–Kier alpha value is -0.900. The SMILES string of the molecule is Cc1ccc(CC(N)c2sc(C)nc2C)c(Cl)c1. The van der Waals surface area contributed by atoms with E-state index in [2.05, 4.69) is 17.1 Å². The van der Waals surface area contributed by atoms with Gasteiger partial charge in [-0.2, -0.15) is 0 Å². The van der Waals surface area contributed by atoms with Gasteiger partial charge in [0, 0.05) is 15.9 Å². The molecule has 0 saturated carbocycles. The maximum atomic E-state index is 6.26. The third kappa shape index (κ3) is 2.91. The number of nitrogens with zero attached hydrogens (tertiary/aromatic N) is 1. The summed E-state index contributed by atoms with van der Waals surface area (Å²) in [7, 11) is 0. The molecule has 0 aliphatic carbocycles. The van der Waals surface area contributed by atoms with Crippen molar-refractivity contribution in [2.24, 2.45) is 5.73 Å². The third-order valence-corrected chi connectivity index (χ3v) is 4.48. The van der Waals surface area contributed by atoms with E-state index in [9.17, 15) is 0 Å². The largest absolute Gasteiger partial charge is 0.323 e. The molecule has 2 N–H and O–H groups in total. The van der Waals surface area contributed by atoms with Gasteiger partial charge < -0.3 is 5.73 Å². The van der Waals surface area contributed by atoms with Crippen LogP contribution in [0, 0.1) is 20.8 Å². The van der Waals surface area contributed by atoms with Gasteiger partial charge in [0.1, 0.15) is 0 Å². The molecule has 1 aromatic heterocycles. The number of aryl methyl sites for hydroxylation is 3. The molecule has 0 saturated heterocycles. The van der Waals surface area contributed by atoms with E-state index < -0.39 is 0 Å². The molecule has 1 heterocycles. The summed E-state index contributed by atoms with van der Waals surface area (Å²) < 4.78 is 0. The van der Waals surface area contributed by atoms with E-state index in [-0.39, 0.29) is 6.04 Å². The zero-order valence-corrected chi connectivity index (χ0v) is 12.4. The molecule has 1 aromatic carbocycles. The lowest BCUT2D eigenvalue weighted by molar-refractivity contribution is 0.728. The predicted molar refractivity (Wildman–Crippen MR) is 78.4 cm³/mol. The van der Waals surface area contributed by atoms with Crippen LogP contribution in [-0.2, 0) is 6.42 Å². The lowest BCUT2D eigenvalue weighted by atomic mass is 10.0. The molecule has 0 fully saturated rings. The van der Waals surface area contributed by atoms with Crippen LogP contribution in [0.5, 0.6) is 0 Å². The van der Waals surface area contributed by atoms with Crippen LogP contribution in [-0.4, -0.2) is 4.98 Å². The molecule has 0 aliphatic heterocycles. The standard InChI is InChI=1S/C14H17ClN2S/c1-8-4-5-11(12(15)6-8)7-13(16)14-9(2)17-10(3)18-14/h4-6,13H,7,16H2,1-3H3. The first-order valence-corrected chi connectivity index (χ1v) is 7.11. The molecule has 18 heavy (non-hydrogen) atoms. The fourth-order valence-corrected chi connectivity index (χ4v) is 3.28. The molecular formula is C14H17ClN2S. The van der Waals surface area contributed by atoms with Crippen molar-refractivity contribution in [3.05, 3.63) is 49.9 Å². The van der Waals surface area contributed by atoms with Crippen molar-refractivity contribution in [2.45, 2.75) is 33.2 Å². The second-order valence-corrected chi connectivity index (χ2v) is 6.23. The average molecular weight is 281 g/mol. The van der Waals surface area contributed by atoms with Crippen LogP contribution in [0.2, 0.25) is 5.02 Å². The molecule has 0 aliphatic rings. The number of benzene rings is 1. The number of rotatable bonds is 3. The smallest absolute Gasteiger partial charge is 0.0900 e. The Morgan fingerprint density at radius 3 is 2.61 bits per heavy atom. The minimum Gasteiger partial charge on any atom is -0.323 e. The van der Waals surface area contributed by atoms with E-state index in [1.165, 1.54) is 5.56 Å². The van der Waals surface area contributed by atoms with E-state index in [4.69, 9.17) is 17.3 Å². The van der Waals surface area contributed by atoms with Gasteiger partial charge in [0.15, 0.2) is 0 Å². The van der Waals surface area contributed by atoms with E-state index in [0.29, 0.717) is 0 Å². The molecule has 0 amide bonds. The lowest BCUT2D eigenvalue weighted by Crippen LogP contribution is -2.13. The highest BCUT2D eigenvalue weighted by atomic mass is 35.5. The lowest BCUT2D eigenvalue weighted by Gasteiger charge is -2.12. The summed E-state index contributed by atoms with van der Waals surface area (Å²) in [5, 5.41) is 1.86. The maximum Gasteiger partial charge on any atom is 0.0900 e. The fraction of sp³-hybridized carbons (Fsp3) is 0.357. The van der Waals surface area contributed by atoms with Crippen LogP contribution < -0.4 is 5.73 Å². The van der Waals surface area contributed by atoms with E-state index in [1.807, 2.05) is 26.8 Å². The first kappa shape index (κ1) is 13.5. The highest BCUT2D eigenvalue weighted by Crippen LogP contribution is 2.28. The van der Waals surface area contributed by atoms with Gasteiger partial charge in [-0.1, -0.05) is 23.7 Å². The molecule has 96 valence electrons. The molecule has 0 radical (unpaired) electrons. The molecule has 2 nitrogen and oxygen atoms in total. The summed E-state index contributed by atoms with van der Waals surface area (Å²) >= 11 is 7.91. The van der Waals surface area contributed by atoms with E-state index in [1.54, 1.807) is 11.3 Å². The van der Waals surface area contributed by atoms with Crippen LogP contribution in [0.25, 0.3) is 0 Å². The van der Waals surface area contributed by atoms with Gasteiger partial charge >= 0.3 is 0 Å². The molecule has 2 rings (SSSR count). The summed E-state index contributed by atoms with van der Waals surface area (Å²) in [4.78, 5) is 5.57. The summed E-state index contributed by atoms with van der Waals surface area (Å²) in [6.45, 7) is 6.05. The van der Waals surface area contributed by atoms with Gasteiger partial charge in [-0.25, -0.2) is 4.98 Å². The van der Waals surface area contributed by atoms with Gasteiger partial charge in [0.05, 0.1) is 10.7 Å². The van der Waals surface area contributed by atoms with Crippen LogP contribution in [0.4, 0.5) is 0 Å². The quantitative estimate of drug-likeness (QED) is 0.924. The van der Waals surface area contributed by atoms with Crippen molar-refractivity contribution in [1.82, 2.24) is 4.98 Å². The van der Waals surface area contributed by atoms with Crippen LogP contribution in [0.3, 0.4) is 0 Å². The minimum atomic E-state index is -0.0311. The molecule has 0 spiro atoms. The number of thiazole rings is 1. The molecule has 2 aromatic rings. The first-order valence-electron chi connectivity index (χ1n) is 5.92. The number of hydrogen-bond donors (Lipinski definition) is 1. The van der Waals surface area contributed by atoms with Crippen molar-refractivity contribution >= 4 is 22.9 Å². The van der Waals surface area contributed by atoms with Crippen LogP contribution >= 0.6 is 22.9 Å². The molecule has 0 bridgehead atoms. The highest BCUT2D eigenvalue weighted by Gasteiger charge is 2.15. The van der Waals surface area contributed by atoms with Gasteiger partial charge in [0.2, 0.25) is 0 Å². The molecule has 1 unspecified atom stereocenters. The van der Waals surface area contributed by atoms with Crippen molar-refractivity contribution in [3.63, 3.8) is 0 Å². The Bertz CT molecular complexity index is 563. The molecule has 4 heteroatoms. The van der Waals surface area contributed by atoms with Gasteiger partial charge in [-0.05, 0) is 44.4 Å². The predicted octanol–water partition coefficient (Wildman–Crippen LogP) is 3.96. The minimum absolute atomic E-state index is 0.0311. The second-order valence-electron chi connectivity index (χ2n) is 4.59. The fourth-order valence-electron chi connectivity index (χ4n) is 2.04. The number of halogens is 1. The van der Waals surface area contributed by atoms with Crippen LogP contribution in [0.15, 0.2) is 18.2 Å². The zero-order valence-electron chi connectivity index (χ0n) is 10.8. The Morgan fingerprint density at radius 2 is 2.06 bits per heavy atom. The summed E-state index contributed by atoms with van der Waals surface area (Å²) in [6.07, 6.45) is 0.752. The second kappa shape index (κ2) is 5.39. The highest BCUT2D eigenvalue weighted by molar-refractivity contribution is 7.11. The van der Waals surface area contributed by atoms with E-state index in [0.717, 1.165) is 32.6 Å². The van der Waals surface area contributed by atoms with Crippen molar-refractivity contribution < 1.29 is 0 Å². The van der Waals surface area contributed by atoms with Crippen molar-refractivity contribution in [2.75, 3.05) is 0 Å². The summed E-state index contributed by atoms with van der Waals surface area (Å²) in [5.41, 5.74) is 9.56. The summed E-state index contributed by atoms with van der Waals surface area (Å²) in [6, 6.07) is 6.07. The number of aromatic nitrogens is 1. The molecule has 1 atom stereocenters. The van der Waals surface area contributed by atoms with Crippen molar-refractivity contribution in [3.8, 4) is 0 Å². The monoisotopic (exact) mass is 280 g/mol. The summed E-state index contributed by atoms with van der Waals surface area (Å²) in [5.74, 6) is 0. The van der Waals surface area contributed by atoms with E-state index >= 15 is 0 Å². The van der Waals surface area contributed by atoms with Gasteiger partial charge in [0.25, 0.3) is 0 Å². The molecular weight excluding hydrogens is 264 g/mol. The average Bonchev–Trinajstić information content (AvgIpc) is 2.62. The van der Waals surface area contributed by atoms with Gasteiger partial charge in [-0.3, -0.25) is 0 Å².